The van der Waals surface area contributed by atoms with E-state index >= 15 is 0 Å². The molecule has 4 saturated carbocycles. The van der Waals surface area contributed by atoms with Gasteiger partial charge in [0.25, 0.3) is 0 Å². The second kappa shape index (κ2) is 9.17. The van der Waals surface area contributed by atoms with Crippen LogP contribution < -0.4 is 0 Å². The van der Waals surface area contributed by atoms with E-state index < -0.39 is 13.7 Å². The molecule has 7 atom stereocenters. The molecule has 4 aliphatic carbocycles. The number of fused-ring (bicyclic) bond motifs is 3. The van der Waals surface area contributed by atoms with E-state index in [1.165, 1.54) is 24.8 Å². The van der Waals surface area contributed by atoms with E-state index in [2.05, 4.69) is 56.9 Å². The van der Waals surface area contributed by atoms with Gasteiger partial charge in [0.2, 0.25) is 0 Å². The number of hydrogen-bond acceptors (Lipinski definition) is 5. The van der Waals surface area contributed by atoms with Gasteiger partial charge in [-0.05, 0) is 80.5 Å². The van der Waals surface area contributed by atoms with E-state index in [1.807, 2.05) is 6.07 Å². The Morgan fingerprint density at radius 1 is 1.00 bits per heavy atom. The van der Waals surface area contributed by atoms with Crippen LogP contribution in [-0.2, 0) is 25.2 Å². The number of ether oxygens (including phenoxy) is 3. The summed E-state index contributed by atoms with van der Waals surface area (Å²) in [6, 6.07) is 13.3. The number of benzene rings is 1. The standard InChI is InChI=1S/C31H45NO4Si/c1-28-11-8-12-29(21-32,22-33-20-23-9-6-5-7-10-23)27(28)26(36-37(2,3)4)18-24-17-25-19-30(24,28)13-14-31(25)34-15-16-35-31/h5-7,9-10,24-27H,8,11-20,22H2,1-4H3/t24-,25-,26-,27-,28+,29-,30+/m0/s1. The van der Waals surface area contributed by atoms with E-state index in [4.69, 9.17) is 18.6 Å². The molecule has 0 radical (unpaired) electrons. The fraction of sp³-hybridized carbons (Fsp3) is 0.774. The summed E-state index contributed by atoms with van der Waals surface area (Å²) in [5.74, 6) is 0.913. The molecule has 1 heterocycles. The summed E-state index contributed by atoms with van der Waals surface area (Å²) in [5.41, 5.74) is 0.946. The Bertz CT molecular complexity index is 1030. The minimum Gasteiger partial charge on any atom is -0.414 e. The summed E-state index contributed by atoms with van der Waals surface area (Å²) in [6.07, 6.45) is 8.87. The molecule has 1 aromatic carbocycles. The van der Waals surface area contributed by atoms with Gasteiger partial charge in [0.15, 0.2) is 14.1 Å². The normalized spacial score (nSPS) is 42.2. The highest BCUT2D eigenvalue weighted by molar-refractivity contribution is 6.69. The van der Waals surface area contributed by atoms with Gasteiger partial charge in [-0.3, -0.25) is 0 Å². The molecule has 0 N–H and O–H groups in total. The van der Waals surface area contributed by atoms with Gasteiger partial charge in [-0.2, -0.15) is 5.26 Å². The second-order valence-corrected chi connectivity index (χ2v) is 18.5. The van der Waals surface area contributed by atoms with Crippen molar-refractivity contribution in [3.05, 3.63) is 35.9 Å². The first-order valence-corrected chi connectivity index (χ1v) is 18.0. The quantitative estimate of drug-likeness (QED) is 0.389. The van der Waals surface area contributed by atoms with Crippen LogP contribution in [-0.4, -0.2) is 40.0 Å². The van der Waals surface area contributed by atoms with Crippen LogP contribution in [0.2, 0.25) is 19.6 Å². The summed E-state index contributed by atoms with van der Waals surface area (Å²) in [7, 11) is -1.82. The van der Waals surface area contributed by atoms with E-state index in [9.17, 15) is 5.26 Å². The zero-order valence-corrected chi connectivity index (χ0v) is 24.3. The average molecular weight is 524 g/mol. The Balaban J connectivity index is 1.35. The lowest BCUT2D eigenvalue weighted by Gasteiger charge is -2.67. The number of rotatable bonds is 6. The monoisotopic (exact) mass is 523 g/mol. The highest BCUT2D eigenvalue weighted by atomic mass is 28.4. The maximum absolute atomic E-state index is 10.9. The third kappa shape index (κ3) is 4.07. The van der Waals surface area contributed by atoms with E-state index in [0.717, 1.165) is 45.3 Å². The van der Waals surface area contributed by atoms with Gasteiger partial charge >= 0.3 is 0 Å². The van der Waals surface area contributed by atoms with E-state index in [1.54, 1.807) is 0 Å². The molecule has 5 aliphatic rings. The van der Waals surface area contributed by atoms with Gasteiger partial charge < -0.3 is 18.6 Å². The Labute approximate surface area is 224 Å². The topological polar surface area (TPSA) is 60.7 Å². The zero-order chi connectivity index (χ0) is 25.9. The van der Waals surface area contributed by atoms with E-state index in [-0.39, 0.29) is 28.6 Å². The SMILES string of the molecule is C[C@@]12CCC[C@](C#N)(COCc3ccccc3)[C@H]1[C@@H](O[Si](C)(C)C)C[C@@H]1C[C@H]3C[C@]12CCC31OCCO1. The Morgan fingerprint density at radius 2 is 1.76 bits per heavy atom. The van der Waals surface area contributed by atoms with Crippen molar-refractivity contribution in [2.75, 3.05) is 19.8 Å². The smallest absolute Gasteiger partial charge is 0.184 e. The Hall–Kier alpha value is -1.23. The molecule has 0 amide bonds. The molecule has 2 bridgehead atoms. The van der Waals surface area contributed by atoms with Gasteiger partial charge in [-0.25, -0.2) is 0 Å². The molecular weight excluding hydrogens is 478 g/mol. The van der Waals surface area contributed by atoms with Gasteiger partial charge in [0.05, 0.1) is 44.0 Å². The average Bonchev–Trinajstić information content (AvgIpc) is 3.46. The molecule has 6 heteroatoms. The number of hydrogen-bond donors (Lipinski definition) is 0. The van der Waals surface area contributed by atoms with Gasteiger partial charge in [0, 0.05) is 18.3 Å². The molecule has 1 aliphatic heterocycles. The van der Waals surface area contributed by atoms with Crippen LogP contribution >= 0.6 is 0 Å². The Kier molecular flexibility index (Phi) is 6.44. The Morgan fingerprint density at radius 3 is 2.46 bits per heavy atom. The first-order valence-electron chi connectivity index (χ1n) is 14.6. The molecule has 37 heavy (non-hydrogen) atoms. The van der Waals surface area contributed by atoms with Gasteiger partial charge in [-0.1, -0.05) is 43.7 Å². The van der Waals surface area contributed by atoms with Crippen molar-refractivity contribution in [3.63, 3.8) is 0 Å². The number of nitriles is 1. The van der Waals surface area contributed by atoms with Gasteiger partial charge in [-0.15, -0.1) is 0 Å². The highest BCUT2D eigenvalue weighted by Gasteiger charge is 2.73. The maximum atomic E-state index is 10.9. The van der Waals surface area contributed by atoms with Crippen molar-refractivity contribution >= 4 is 8.32 Å². The fourth-order valence-electron chi connectivity index (χ4n) is 9.91. The summed E-state index contributed by atoms with van der Waals surface area (Å²) in [5, 5.41) is 10.9. The van der Waals surface area contributed by atoms with Crippen LogP contribution in [0, 0.1) is 45.3 Å². The third-order valence-corrected chi connectivity index (χ3v) is 12.1. The maximum Gasteiger partial charge on any atom is 0.184 e. The first-order chi connectivity index (χ1) is 17.7. The molecular formula is C31H45NO4Si. The van der Waals surface area contributed by atoms with Crippen LogP contribution in [0.5, 0.6) is 0 Å². The van der Waals surface area contributed by atoms with Crippen molar-refractivity contribution in [1.82, 2.24) is 0 Å². The van der Waals surface area contributed by atoms with Crippen molar-refractivity contribution < 1.29 is 18.6 Å². The molecule has 6 rings (SSSR count). The minimum atomic E-state index is -1.82. The molecule has 0 unspecified atom stereocenters. The van der Waals surface area contributed by atoms with E-state index in [0.29, 0.717) is 25.0 Å². The van der Waals surface area contributed by atoms with Gasteiger partial charge in [0.1, 0.15) is 0 Å². The zero-order valence-electron chi connectivity index (χ0n) is 23.3. The highest BCUT2D eigenvalue weighted by Crippen LogP contribution is 2.76. The second-order valence-electron chi connectivity index (χ2n) is 14.0. The molecule has 1 aromatic rings. The number of nitrogens with zero attached hydrogens (tertiary/aromatic N) is 1. The van der Waals surface area contributed by atoms with Crippen LogP contribution in [0.3, 0.4) is 0 Å². The third-order valence-electron chi connectivity index (χ3n) is 11.1. The van der Waals surface area contributed by atoms with Crippen LogP contribution in [0.4, 0.5) is 0 Å². The molecule has 1 saturated heterocycles. The predicted octanol–water partition coefficient (Wildman–Crippen LogP) is 6.69. The summed E-state index contributed by atoms with van der Waals surface area (Å²) in [4.78, 5) is 0. The predicted molar refractivity (Wildman–Crippen MR) is 145 cm³/mol. The van der Waals surface area contributed by atoms with Crippen molar-refractivity contribution in [2.45, 2.75) is 96.4 Å². The fourth-order valence-corrected chi connectivity index (χ4v) is 11.0. The minimum absolute atomic E-state index is 0.0548. The largest absolute Gasteiger partial charge is 0.414 e. The van der Waals surface area contributed by atoms with Crippen LogP contribution in [0.25, 0.3) is 0 Å². The lowest BCUT2D eigenvalue weighted by atomic mass is 9.39. The van der Waals surface area contributed by atoms with Crippen molar-refractivity contribution in [1.29, 1.82) is 5.26 Å². The van der Waals surface area contributed by atoms with Crippen LogP contribution in [0.1, 0.15) is 63.9 Å². The van der Waals surface area contributed by atoms with Crippen LogP contribution in [0.15, 0.2) is 30.3 Å². The lowest BCUT2D eigenvalue weighted by Crippen LogP contribution is -2.65. The molecule has 5 nitrogen and oxygen atoms in total. The summed E-state index contributed by atoms with van der Waals surface area (Å²) < 4.78 is 26.1. The summed E-state index contributed by atoms with van der Waals surface area (Å²) in [6.45, 7) is 12.0. The first kappa shape index (κ1) is 26.0. The molecule has 202 valence electrons. The lowest BCUT2D eigenvalue weighted by molar-refractivity contribution is -0.245. The molecule has 2 spiro atoms. The summed E-state index contributed by atoms with van der Waals surface area (Å²) >= 11 is 0. The molecule has 5 fully saturated rings. The molecule has 0 aromatic heterocycles. The van der Waals surface area contributed by atoms with Crippen molar-refractivity contribution in [2.24, 2.45) is 34.0 Å². The van der Waals surface area contributed by atoms with Crippen molar-refractivity contribution in [3.8, 4) is 6.07 Å².